The molecule has 145 heavy (non-hydrogen) atoms. The van der Waals surface area contributed by atoms with E-state index in [1.54, 1.807) is 111 Å². The average Bonchev–Trinajstić information content (AvgIpc) is 0.823. The lowest BCUT2D eigenvalue weighted by atomic mass is 9.83. The second-order valence-electron chi connectivity index (χ2n) is 43.7. The quantitative estimate of drug-likeness (QED) is 0.0122. The number of unbranched alkanes of at least 4 members (excludes halogenated alkanes) is 2. The zero-order chi connectivity index (χ0) is 108. The number of fused-ring (bicyclic) bond motifs is 6. The molecule has 6 N–H and O–H groups in total. The van der Waals surface area contributed by atoms with Crippen LogP contribution < -0.4 is 31.9 Å². The Hall–Kier alpha value is -13.1. The van der Waals surface area contributed by atoms with Crippen molar-refractivity contribution < 1.29 is 55.1 Å². The lowest BCUT2D eigenvalue weighted by Gasteiger charge is -2.34. The van der Waals surface area contributed by atoms with Crippen molar-refractivity contribution in [2.75, 3.05) is 0 Å². The maximum Gasteiger partial charge on any atom is 0.253 e. The third-order valence-electron chi connectivity index (χ3n) is 24.3. The number of nitrogens with zero attached hydrogens (tertiary/aromatic N) is 6. The molecule has 6 aromatic carbocycles. The molecule has 0 aliphatic carbocycles. The largest absolute Gasteiger partial charge is 0.347 e. The minimum atomic E-state index is -0.719. The van der Waals surface area contributed by atoms with Crippen LogP contribution in [0.25, 0.3) is 65.4 Å². The molecule has 0 fully saturated rings. The zero-order valence-corrected chi connectivity index (χ0v) is 90.2. The van der Waals surface area contributed by atoms with Gasteiger partial charge in [-0.3, -0.25) is 58.7 Å². The normalized spacial score (nSPS) is 12.9. The number of carbonyl (C=O) groups excluding carboxylic acids is 6. The number of nitrogens with one attached hydrogen (secondary N) is 6. The van der Waals surface area contributed by atoms with Crippen LogP contribution in [-0.2, 0) is 0 Å². The Bertz CT molecular complexity index is 6610. The summed E-state index contributed by atoms with van der Waals surface area (Å²) in [4.78, 5) is 101. The van der Waals surface area contributed by atoms with Crippen LogP contribution in [0.1, 0.15) is 331 Å². The van der Waals surface area contributed by atoms with Crippen molar-refractivity contribution in [1.82, 2.24) is 61.8 Å². The molecule has 12 rings (SSSR count). The van der Waals surface area contributed by atoms with E-state index in [9.17, 15) is 55.1 Å². The van der Waals surface area contributed by atoms with Gasteiger partial charge in [-0.2, -0.15) is 0 Å². The van der Waals surface area contributed by atoms with Gasteiger partial charge in [0.15, 0.2) is 0 Å². The van der Waals surface area contributed by atoms with E-state index in [0.717, 1.165) is 78.1 Å². The molecule has 6 heterocycles. The third kappa shape index (κ3) is 37.5. The molecular weight excluding hydrogens is 1830 g/mol. The molecule has 0 aliphatic rings. The number of para-hydroxylation sites is 6. The third-order valence-corrected chi connectivity index (χ3v) is 24.3. The van der Waals surface area contributed by atoms with E-state index < -0.39 is 22.7 Å². The van der Waals surface area contributed by atoms with Gasteiger partial charge in [0.05, 0.1) is 38.9 Å². The second-order valence-corrected chi connectivity index (χ2v) is 43.7. The van der Waals surface area contributed by atoms with Crippen LogP contribution in [0.4, 0.5) is 26.3 Å². The summed E-state index contributed by atoms with van der Waals surface area (Å²) in [5, 5.41) is 22.7. The van der Waals surface area contributed by atoms with Crippen LogP contribution in [0.3, 0.4) is 0 Å². The van der Waals surface area contributed by atoms with Crippen LogP contribution in [0.5, 0.6) is 0 Å². The highest BCUT2D eigenvalue weighted by Gasteiger charge is 2.35. The van der Waals surface area contributed by atoms with Crippen LogP contribution >= 0.6 is 0 Å². The minimum Gasteiger partial charge on any atom is -0.347 e. The van der Waals surface area contributed by atoms with E-state index >= 15 is 0 Å². The van der Waals surface area contributed by atoms with E-state index in [1.165, 1.54) is 79.7 Å². The summed E-state index contributed by atoms with van der Waals surface area (Å²) in [6, 6.07) is 39.9. The summed E-state index contributed by atoms with van der Waals surface area (Å²) in [6.07, 6.45) is 22.5. The van der Waals surface area contributed by atoms with Gasteiger partial charge in [0.25, 0.3) is 35.4 Å². The first-order chi connectivity index (χ1) is 67.9. The first-order valence-corrected chi connectivity index (χ1v) is 50.3. The standard InChI is InChI=1S/C21H26F2N2O.C21H27FN2O.C20H27FN2O.C20H25FN2O.C20H23FN2O.C19H26N2O/c1-13(2)10-21(5,11-18(23)14(3)4)25-20(26)16-9-15-7-6-8-17(22)19(15)24-12-16;1-6-15(4)12-21(5,11-14(2)3)24-20(25)17-10-16-8-7-9-18(22)19(16)23-13-17;3*1-13(2)10-20(5,11-14(3)4)23-19(24)16-9-15-7-6-8-17(21)18(15)22-12-16;1-5-6-7-11-19(3,4)21-18(22)16-12-15-10-8-9-14(2)17(15)20-13-16/h6-9,12-13H,10-11H2,1-5H3,(H,25,26);6-10,13-14H,11-12H2,1-5H3,(H,24,25);6-9,12-14H,10-11H2,1-5H3,(H,23,24);6-9,12,14H,1,10-11H2,2-5H3,(H,23,24);6-9,12H,1,3,10-11H2,2,4-5H3,(H,23,24);8-10,12-13H,5-7,11H2,1-4H3,(H,21,22)/b;15-6+;;;;. The molecule has 0 spiro atoms. The fraction of sp³-hybridized carbons (Fsp3) is 0.421. The average molecular weight is 1990 g/mol. The van der Waals surface area contributed by atoms with Crippen LogP contribution in [0, 0.1) is 65.6 Å². The molecule has 0 radical (unpaired) electrons. The summed E-state index contributed by atoms with van der Waals surface area (Å²) in [7, 11) is 0. The molecule has 0 aliphatic heterocycles. The number of carbonyl (C=O) groups is 6. The number of benzene rings is 6. The second kappa shape index (κ2) is 53.6. The highest BCUT2D eigenvalue weighted by Crippen LogP contribution is 2.34. The van der Waals surface area contributed by atoms with Gasteiger partial charge in [0.2, 0.25) is 0 Å². The van der Waals surface area contributed by atoms with Crippen molar-refractivity contribution in [2.24, 2.45) is 29.6 Å². The predicted molar refractivity (Wildman–Crippen MR) is 584 cm³/mol. The summed E-state index contributed by atoms with van der Waals surface area (Å²) in [5.74, 6) is -1.16. The SMILES string of the molecule is C/C=C(\C)CC(C)(CC(C)C)NC(=O)c1cnc2c(F)cccc2c1.C=C(C)CC(C)(CC(=C)C)NC(=O)c1cnc2c(F)cccc2c1.C=C(C)CC(C)(CC(C)C)NC(=O)c1cnc2c(F)cccc2c1.CC(C)=C(F)CC(C)(CC(C)C)NC(=O)c1cnc2c(F)cccc2c1.CC(C)CC(C)(CC(C)C)NC(=O)c1cnc2c(F)cccc2c1.CCCCCC(C)(C)NC(=O)c1cnc2c(C)cccc2c1. The van der Waals surface area contributed by atoms with E-state index in [1.807, 2.05) is 93.5 Å². The molecular formula is C121H154F6N12O6. The maximum atomic E-state index is 14.3. The molecule has 12 aromatic rings. The Balaban J connectivity index is 0.000000236. The summed E-state index contributed by atoms with van der Waals surface area (Å²) < 4.78 is 82.9. The molecule has 3 unspecified atom stereocenters. The predicted octanol–water partition coefficient (Wildman–Crippen LogP) is 30.1. The monoisotopic (exact) mass is 1990 g/mol. The number of halogens is 6. The van der Waals surface area contributed by atoms with Gasteiger partial charge < -0.3 is 31.9 Å². The molecule has 24 heteroatoms. The summed E-state index contributed by atoms with van der Waals surface area (Å²) in [6.45, 7) is 64.9. The Kier molecular flexibility index (Phi) is 44.0. The van der Waals surface area contributed by atoms with E-state index in [-0.39, 0.29) is 115 Å². The number of aromatic nitrogens is 6. The van der Waals surface area contributed by atoms with E-state index in [4.69, 9.17) is 0 Å². The zero-order valence-electron chi connectivity index (χ0n) is 90.2. The molecule has 3 atom stereocenters. The van der Waals surface area contributed by atoms with Crippen molar-refractivity contribution in [3.05, 3.63) is 310 Å². The fourth-order valence-corrected chi connectivity index (χ4v) is 19.2. The van der Waals surface area contributed by atoms with Crippen LogP contribution in [0.2, 0.25) is 0 Å². The molecule has 18 nitrogen and oxygen atoms in total. The lowest BCUT2D eigenvalue weighted by Crippen LogP contribution is -2.47. The number of hydrogen-bond donors (Lipinski definition) is 6. The molecule has 6 aromatic heterocycles. The Morgan fingerprint density at radius 3 is 0.834 bits per heavy atom. The molecule has 0 saturated heterocycles. The van der Waals surface area contributed by atoms with Crippen LogP contribution in [-0.4, -0.2) is 98.6 Å². The van der Waals surface area contributed by atoms with Gasteiger partial charge in [-0.25, -0.2) is 26.3 Å². The first-order valence-electron chi connectivity index (χ1n) is 50.3. The topological polar surface area (TPSA) is 252 Å². The van der Waals surface area contributed by atoms with Gasteiger partial charge in [0, 0.05) is 109 Å². The fourth-order valence-electron chi connectivity index (χ4n) is 19.2. The number of hydrogen-bond acceptors (Lipinski definition) is 12. The van der Waals surface area contributed by atoms with E-state index in [0.29, 0.717) is 121 Å². The lowest BCUT2D eigenvalue weighted by molar-refractivity contribution is 0.0872. The molecule has 0 saturated carbocycles. The Morgan fingerprint density at radius 2 is 0.566 bits per heavy atom. The van der Waals surface area contributed by atoms with Crippen LogP contribution in [0.15, 0.2) is 242 Å². The van der Waals surface area contributed by atoms with Gasteiger partial charge in [-0.15, -0.1) is 19.7 Å². The van der Waals surface area contributed by atoms with E-state index in [2.05, 4.69) is 185 Å². The van der Waals surface area contributed by atoms with Crippen molar-refractivity contribution >= 4 is 101 Å². The minimum absolute atomic E-state index is 0.0441. The van der Waals surface area contributed by atoms with Gasteiger partial charge in [0.1, 0.15) is 62.5 Å². The summed E-state index contributed by atoms with van der Waals surface area (Å²) in [5.41, 5.74) is 8.65. The van der Waals surface area contributed by atoms with Gasteiger partial charge >= 0.3 is 0 Å². The Labute approximate surface area is 855 Å². The van der Waals surface area contributed by atoms with Gasteiger partial charge in [-0.1, -0.05) is 203 Å². The number of aryl methyl sites for hydroxylation is 1. The van der Waals surface area contributed by atoms with Crippen molar-refractivity contribution in [3.63, 3.8) is 0 Å². The van der Waals surface area contributed by atoms with Gasteiger partial charge in [-0.05, 0) is 276 Å². The smallest absolute Gasteiger partial charge is 0.253 e. The molecule has 0 bridgehead atoms. The number of amides is 6. The highest BCUT2D eigenvalue weighted by molar-refractivity contribution is 6.02. The van der Waals surface area contributed by atoms with Crippen molar-refractivity contribution in [1.29, 1.82) is 0 Å². The number of pyridine rings is 6. The van der Waals surface area contributed by atoms with Crippen molar-refractivity contribution in [3.8, 4) is 0 Å². The number of rotatable bonds is 36. The van der Waals surface area contributed by atoms with Crippen molar-refractivity contribution in [2.45, 2.75) is 303 Å². The number of allylic oxidation sites excluding steroid dienone is 2. The molecule has 6 amide bonds. The molecule has 776 valence electrons. The highest BCUT2D eigenvalue weighted by atomic mass is 19.1. The maximum absolute atomic E-state index is 14.3. The Morgan fingerprint density at radius 1 is 0.331 bits per heavy atom. The summed E-state index contributed by atoms with van der Waals surface area (Å²) >= 11 is 0. The first kappa shape index (κ1) is 119.